The number of hydrogen-bond donors (Lipinski definition) is 2. The molecule has 1 saturated carbocycles. The Morgan fingerprint density at radius 3 is 2.36 bits per heavy atom. The predicted octanol–water partition coefficient (Wildman–Crippen LogP) is 5.89. The van der Waals surface area contributed by atoms with Gasteiger partial charge >= 0.3 is 0 Å². The van der Waals surface area contributed by atoms with Crippen molar-refractivity contribution < 1.29 is 8.42 Å². The van der Waals surface area contributed by atoms with Crippen molar-refractivity contribution in [3.05, 3.63) is 83.1 Å². The summed E-state index contributed by atoms with van der Waals surface area (Å²) >= 11 is 1.24. The van der Waals surface area contributed by atoms with Gasteiger partial charge in [-0.2, -0.15) is 0 Å². The highest BCUT2D eigenvalue weighted by Gasteiger charge is 2.37. The molecule has 0 radical (unpaired) electrons. The van der Waals surface area contributed by atoms with Gasteiger partial charge in [0.1, 0.15) is 5.82 Å². The van der Waals surface area contributed by atoms with Crippen molar-refractivity contribution >= 4 is 26.5 Å². The fourth-order valence-electron chi connectivity index (χ4n) is 4.69. The smallest absolute Gasteiger partial charge is 0.263 e. The van der Waals surface area contributed by atoms with Crippen LogP contribution in [0.1, 0.15) is 48.9 Å². The van der Waals surface area contributed by atoms with E-state index in [-0.39, 0.29) is 10.3 Å². The average molecular weight is 479 g/mol. The zero-order valence-corrected chi connectivity index (χ0v) is 20.0. The lowest BCUT2D eigenvalue weighted by atomic mass is 9.67. The summed E-state index contributed by atoms with van der Waals surface area (Å²) in [6, 6.07) is 15.6. The first kappa shape index (κ1) is 21.9. The zero-order chi connectivity index (χ0) is 22.9. The number of aromatic amines is 1. The molecule has 33 heavy (non-hydrogen) atoms. The molecule has 2 N–H and O–H groups in total. The number of aromatic nitrogens is 3. The molecule has 8 heteroatoms. The van der Waals surface area contributed by atoms with Gasteiger partial charge in [-0.15, -0.1) is 11.3 Å². The van der Waals surface area contributed by atoms with Crippen molar-refractivity contribution in [3.63, 3.8) is 0 Å². The molecule has 2 heterocycles. The first-order valence-electron chi connectivity index (χ1n) is 11.1. The van der Waals surface area contributed by atoms with E-state index in [1.807, 2.05) is 6.20 Å². The summed E-state index contributed by atoms with van der Waals surface area (Å²) in [5.41, 5.74) is 4.51. The summed E-state index contributed by atoms with van der Waals surface area (Å²) in [5.74, 6) is 0.749. The first-order chi connectivity index (χ1) is 16.0. The fourth-order valence-corrected chi connectivity index (χ4v) is 6.48. The minimum atomic E-state index is -3.68. The third kappa shape index (κ3) is 4.32. The van der Waals surface area contributed by atoms with Gasteiger partial charge < -0.3 is 4.98 Å². The number of hydrogen-bond acceptors (Lipinski definition) is 5. The number of aryl methyl sites for hydroxylation is 1. The van der Waals surface area contributed by atoms with Crippen LogP contribution in [0.15, 0.2) is 71.2 Å². The average Bonchev–Trinajstić information content (AvgIpc) is 3.53. The van der Waals surface area contributed by atoms with E-state index < -0.39 is 10.0 Å². The second-order valence-electron chi connectivity index (χ2n) is 8.62. The molecule has 2 aromatic carbocycles. The third-order valence-corrected chi connectivity index (χ3v) is 8.67. The quantitative estimate of drug-likeness (QED) is 0.362. The van der Waals surface area contributed by atoms with Gasteiger partial charge in [0.2, 0.25) is 0 Å². The Morgan fingerprint density at radius 2 is 1.70 bits per heavy atom. The molecule has 0 bridgehead atoms. The largest absolute Gasteiger partial charge is 0.341 e. The second-order valence-corrected chi connectivity index (χ2v) is 11.2. The van der Waals surface area contributed by atoms with Crippen LogP contribution in [-0.2, 0) is 15.4 Å². The number of H-pyrrole nitrogens is 1. The van der Waals surface area contributed by atoms with Crippen LogP contribution in [0.3, 0.4) is 0 Å². The van der Waals surface area contributed by atoms with Crippen LogP contribution in [0.4, 0.5) is 5.13 Å². The standard InChI is InChI=1S/C25H26N4O2S2/c1-18-5-9-20(10-6-18)25(13-3-2-4-14-25)22-17-27-23(28-22)19-7-11-21(12-8-19)33(30,31)29-24-26-15-16-32-24/h5-12,15-17H,2-4,13-14H2,1H3,(H,26,29)(H,27,28). The number of anilines is 1. The van der Waals surface area contributed by atoms with Crippen LogP contribution in [0, 0.1) is 6.92 Å². The summed E-state index contributed by atoms with van der Waals surface area (Å²) in [5, 5.41) is 2.08. The summed E-state index contributed by atoms with van der Waals surface area (Å²) in [4.78, 5) is 12.4. The third-order valence-electron chi connectivity index (χ3n) is 6.49. The maximum Gasteiger partial charge on any atom is 0.263 e. The number of imidazole rings is 1. The zero-order valence-electron chi connectivity index (χ0n) is 18.4. The van der Waals surface area contributed by atoms with E-state index in [9.17, 15) is 8.42 Å². The van der Waals surface area contributed by atoms with Crippen molar-refractivity contribution in [1.29, 1.82) is 0 Å². The van der Waals surface area contributed by atoms with E-state index in [1.165, 1.54) is 41.7 Å². The Morgan fingerprint density at radius 1 is 0.970 bits per heavy atom. The van der Waals surface area contributed by atoms with Crippen molar-refractivity contribution in [2.45, 2.75) is 49.3 Å². The molecule has 0 saturated heterocycles. The Kier molecular flexibility index (Phi) is 5.80. The minimum absolute atomic E-state index is 0.0574. The summed E-state index contributed by atoms with van der Waals surface area (Å²) in [6.45, 7) is 2.11. The van der Waals surface area contributed by atoms with Gasteiger partial charge in [0.15, 0.2) is 5.13 Å². The van der Waals surface area contributed by atoms with Crippen LogP contribution in [0.5, 0.6) is 0 Å². The second kappa shape index (κ2) is 8.76. The van der Waals surface area contributed by atoms with Crippen molar-refractivity contribution in [2.75, 3.05) is 4.72 Å². The molecule has 170 valence electrons. The maximum absolute atomic E-state index is 12.6. The Labute approximate surface area is 198 Å². The van der Waals surface area contributed by atoms with Gasteiger partial charge in [0.25, 0.3) is 10.0 Å². The molecule has 0 unspecified atom stereocenters. The topological polar surface area (TPSA) is 87.7 Å². The highest BCUT2D eigenvalue weighted by Crippen LogP contribution is 2.44. The minimum Gasteiger partial charge on any atom is -0.341 e. The maximum atomic E-state index is 12.6. The molecule has 5 rings (SSSR count). The van der Waals surface area contributed by atoms with E-state index in [2.05, 4.69) is 50.9 Å². The molecule has 0 amide bonds. The molecule has 2 aromatic heterocycles. The molecule has 4 aromatic rings. The first-order valence-corrected chi connectivity index (χ1v) is 13.5. The van der Waals surface area contributed by atoms with Gasteiger partial charge in [0, 0.05) is 34.4 Å². The monoisotopic (exact) mass is 478 g/mol. The summed E-state index contributed by atoms with van der Waals surface area (Å²) in [6.07, 6.45) is 9.36. The van der Waals surface area contributed by atoms with Crippen molar-refractivity contribution in [3.8, 4) is 11.4 Å². The van der Waals surface area contributed by atoms with Crippen LogP contribution in [0.2, 0.25) is 0 Å². The van der Waals surface area contributed by atoms with Crippen LogP contribution < -0.4 is 4.72 Å². The van der Waals surface area contributed by atoms with E-state index in [1.54, 1.807) is 35.8 Å². The van der Waals surface area contributed by atoms with Gasteiger partial charge in [-0.3, -0.25) is 4.72 Å². The molecule has 0 spiro atoms. The highest BCUT2D eigenvalue weighted by atomic mass is 32.2. The number of sulfonamides is 1. The molecule has 0 aliphatic heterocycles. The number of benzene rings is 2. The van der Waals surface area contributed by atoms with E-state index >= 15 is 0 Å². The van der Waals surface area contributed by atoms with Gasteiger partial charge in [-0.05, 0) is 49.6 Å². The fraction of sp³-hybridized carbons (Fsp3) is 0.280. The lowest BCUT2D eigenvalue weighted by Gasteiger charge is -2.37. The normalized spacial score (nSPS) is 15.9. The highest BCUT2D eigenvalue weighted by molar-refractivity contribution is 7.93. The molecule has 1 aliphatic rings. The number of rotatable bonds is 6. The SMILES string of the molecule is Cc1ccc(C2(c3cnc(-c4ccc(S(=O)(=O)Nc5nccs5)cc4)[nH]3)CCCCC2)cc1. The van der Waals surface area contributed by atoms with Crippen LogP contribution in [0.25, 0.3) is 11.4 Å². The van der Waals surface area contributed by atoms with Gasteiger partial charge in [-0.1, -0.05) is 49.1 Å². The van der Waals surface area contributed by atoms with Gasteiger partial charge in [0.05, 0.1) is 4.90 Å². The van der Waals surface area contributed by atoms with E-state index in [4.69, 9.17) is 0 Å². The molecule has 1 fully saturated rings. The molecule has 1 aliphatic carbocycles. The Bertz CT molecular complexity index is 1320. The van der Waals surface area contributed by atoms with Crippen molar-refractivity contribution in [2.24, 2.45) is 0 Å². The molecule has 0 atom stereocenters. The predicted molar refractivity (Wildman–Crippen MR) is 132 cm³/mol. The number of thiazole rings is 1. The lowest BCUT2D eigenvalue weighted by Crippen LogP contribution is -2.30. The van der Waals surface area contributed by atoms with Crippen LogP contribution >= 0.6 is 11.3 Å². The summed E-state index contributed by atoms with van der Waals surface area (Å²) < 4.78 is 27.7. The van der Waals surface area contributed by atoms with Crippen molar-refractivity contribution in [1.82, 2.24) is 15.0 Å². The van der Waals surface area contributed by atoms with E-state index in [0.29, 0.717) is 5.13 Å². The lowest BCUT2D eigenvalue weighted by molar-refractivity contribution is 0.339. The number of nitrogens with zero attached hydrogens (tertiary/aromatic N) is 2. The molecular formula is C25H26N4O2S2. The van der Waals surface area contributed by atoms with Crippen LogP contribution in [-0.4, -0.2) is 23.4 Å². The molecular weight excluding hydrogens is 452 g/mol. The Balaban J connectivity index is 1.43. The van der Waals surface area contributed by atoms with Gasteiger partial charge in [-0.25, -0.2) is 18.4 Å². The molecule has 6 nitrogen and oxygen atoms in total. The Hall–Kier alpha value is -2.97. The number of nitrogens with one attached hydrogen (secondary N) is 2. The summed E-state index contributed by atoms with van der Waals surface area (Å²) in [7, 11) is -3.68. The van der Waals surface area contributed by atoms with E-state index in [0.717, 1.165) is 29.9 Å².